The first-order chi connectivity index (χ1) is 6.70. The zero-order valence-corrected chi connectivity index (χ0v) is 9.33. The summed E-state index contributed by atoms with van der Waals surface area (Å²) in [7, 11) is 0. The maximum Gasteiger partial charge on any atom is 0.0820 e. The van der Waals surface area contributed by atoms with E-state index in [-0.39, 0.29) is 6.10 Å². The molecule has 1 heteroatoms. The van der Waals surface area contributed by atoms with Crippen molar-refractivity contribution in [2.45, 2.75) is 39.7 Å². The van der Waals surface area contributed by atoms with Crippen LogP contribution in [-0.4, -0.2) is 5.11 Å². The molecule has 0 radical (unpaired) electrons. The molecule has 0 bridgehead atoms. The van der Waals surface area contributed by atoms with Crippen LogP contribution in [-0.2, 0) is 0 Å². The lowest BCUT2D eigenvalue weighted by Gasteiger charge is -2.21. The molecule has 0 amide bonds. The zero-order valence-electron chi connectivity index (χ0n) is 9.33. The third kappa shape index (κ3) is 2.36. The van der Waals surface area contributed by atoms with Gasteiger partial charge in [-0.3, -0.25) is 0 Å². The Hall–Kier alpha value is -0.820. The van der Waals surface area contributed by atoms with Crippen LogP contribution in [0.25, 0.3) is 0 Å². The van der Waals surface area contributed by atoms with Crippen LogP contribution in [0.5, 0.6) is 0 Å². The van der Waals surface area contributed by atoms with Crippen LogP contribution in [0, 0.1) is 12.8 Å². The van der Waals surface area contributed by atoms with Crippen LogP contribution in [0.2, 0.25) is 0 Å². The van der Waals surface area contributed by atoms with E-state index in [1.165, 1.54) is 5.56 Å². The second kappa shape index (κ2) is 5.16. The van der Waals surface area contributed by atoms with E-state index < -0.39 is 0 Å². The quantitative estimate of drug-likeness (QED) is 0.774. The van der Waals surface area contributed by atoms with E-state index in [4.69, 9.17) is 0 Å². The van der Waals surface area contributed by atoms with E-state index in [1.54, 1.807) is 0 Å². The molecule has 1 N–H and O–H groups in total. The molecule has 14 heavy (non-hydrogen) atoms. The fraction of sp³-hybridized carbons (Fsp3) is 0.538. The van der Waals surface area contributed by atoms with Gasteiger partial charge < -0.3 is 5.11 Å². The third-order valence-corrected chi connectivity index (χ3v) is 3.00. The highest BCUT2D eigenvalue weighted by molar-refractivity contribution is 5.27. The number of hydrogen-bond acceptors (Lipinski definition) is 1. The molecular weight excluding hydrogens is 172 g/mol. The first-order valence-corrected chi connectivity index (χ1v) is 5.44. The van der Waals surface area contributed by atoms with Crippen molar-refractivity contribution < 1.29 is 5.11 Å². The summed E-state index contributed by atoms with van der Waals surface area (Å²) in [6.45, 7) is 6.33. The van der Waals surface area contributed by atoms with Crippen molar-refractivity contribution >= 4 is 0 Å². The molecule has 1 aromatic carbocycles. The third-order valence-electron chi connectivity index (χ3n) is 3.00. The average molecular weight is 192 g/mol. The normalized spacial score (nSPS) is 13.2. The molecule has 0 aliphatic rings. The fourth-order valence-corrected chi connectivity index (χ4v) is 1.91. The van der Waals surface area contributed by atoms with Gasteiger partial charge in [-0.05, 0) is 24.0 Å². The first-order valence-electron chi connectivity index (χ1n) is 5.44. The molecule has 1 atom stereocenters. The molecule has 0 aliphatic carbocycles. The molecule has 78 valence electrons. The smallest absolute Gasteiger partial charge is 0.0820 e. The minimum atomic E-state index is -0.300. The second-order valence-corrected chi connectivity index (χ2v) is 3.88. The van der Waals surface area contributed by atoms with E-state index in [0.717, 1.165) is 18.4 Å². The van der Waals surface area contributed by atoms with Crippen LogP contribution >= 0.6 is 0 Å². The van der Waals surface area contributed by atoms with Gasteiger partial charge in [-0.1, -0.05) is 51.0 Å². The molecule has 0 aromatic heterocycles. The SMILES string of the molecule is CCC(CC)C(O)c1ccccc1C. The Morgan fingerprint density at radius 1 is 1.14 bits per heavy atom. The van der Waals surface area contributed by atoms with E-state index >= 15 is 0 Å². The molecule has 1 nitrogen and oxygen atoms in total. The van der Waals surface area contributed by atoms with Crippen LogP contribution in [0.3, 0.4) is 0 Å². The maximum atomic E-state index is 10.2. The van der Waals surface area contributed by atoms with Crippen molar-refractivity contribution in [1.29, 1.82) is 0 Å². The summed E-state index contributed by atoms with van der Waals surface area (Å²) in [6.07, 6.45) is 1.77. The van der Waals surface area contributed by atoms with Gasteiger partial charge >= 0.3 is 0 Å². The summed E-state index contributed by atoms with van der Waals surface area (Å²) in [5, 5.41) is 10.2. The molecule has 1 aromatic rings. The zero-order chi connectivity index (χ0) is 10.6. The summed E-state index contributed by atoms with van der Waals surface area (Å²) in [6, 6.07) is 8.09. The summed E-state index contributed by atoms with van der Waals surface area (Å²) in [5.41, 5.74) is 2.27. The Morgan fingerprint density at radius 2 is 1.71 bits per heavy atom. The Bertz CT molecular complexity index is 276. The van der Waals surface area contributed by atoms with Gasteiger partial charge in [0.1, 0.15) is 0 Å². The van der Waals surface area contributed by atoms with E-state index in [1.807, 2.05) is 18.2 Å². The minimum absolute atomic E-state index is 0.300. The van der Waals surface area contributed by atoms with Crippen molar-refractivity contribution in [3.63, 3.8) is 0 Å². The summed E-state index contributed by atoms with van der Waals surface area (Å²) in [4.78, 5) is 0. The summed E-state index contributed by atoms with van der Waals surface area (Å²) >= 11 is 0. The molecular formula is C13H20O. The summed E-state index contributed by atoms with van der Waals surface area (Å²) in [5.74, 6) is 0.385. The van der Waals surface area contributed by atoms with Crippen molar-refractivity contribution in [2.75, 3.05) is 0 Å². The lowest BCUT2D eigenvalue weighted by Crippen LogP contribution is -2.11. The van der Waals surface area contributed by atoms with Gasteiger partial charge in [0.15, 0.2) is 0 Å². The molecule has 0 saturated carbocycles. The van der Waals surface area contributed by atoms with Gasteiger partial charge in [-0.15, -0.1) is 0 Å². The van der Waals surface area contributed by atoms with E-state index in [2.05, 4.69) is 26.8 Å². The number of aliphatic hydroxyl groups is 1. The Morgan fingerprint density at radius 3 is 2.21 bits per heavy atom. The van der Waals surface area contributed by atoms with Gasteiger partial charge in [-0.2, -0.15) is 0 Å². The number of aryl methyl sites for hydroxylation is 1. The Balaban J connectivity index is 2.88. The Kier molecular flexibility index (Phi) is 4.15. The van der Waals surface area contributed by atoms with Gasteiger partial charge in [0.2, 0.25) is 0 Å². The van der Waals surface area contributed by atoms with Crippen LogP contribution in [0.1, 0.15) is 43.9 Å². The Labute approximate surface area is 86.8 Å². The number of rotatable bonds is 4. The molecule has 1 unspecified atom stereocenters. The number of benzene rings is 1. The van der Waals surface area contributed by atoms with Crippen LogP contribution < -0.4 is 0 Å². The second-order valence-electron chi connectivity index (χ2n) is 3.88. The summed E-state index contributed by atoms with van der Waals surface area (Å²) < 4.78 is 0. The van der Waals surface area contributed by atoms with Gasteiger partial charge in [-0.25, -0.2) is 0 Å². The predicted octanol–water partition coefficient (Wildman–Crippen LogP) is 3.46. The molecule has 0 fully saturated rings. The van der Waals surface area contributed by atoms with Crippen molar-refractivity contribution in [3.8, 4) is 0 Å². The lowest BCUT2D eigenvalue weighted by atomic mass is 9.89. The number of hydrogen-bond donors (Lipinski definition) is 1. The van der Waals surface area contributed by atoms with Crippen molar-refractivity contribution in [3.05, 3.63) is 35.4 Å². The van der Waals surface area contributed by atoms with Crippen molar-refractivity contribution in [1.82, 2.24) is 0 Å². The highest BCUT2D eigenvalue weighted by atomic mass is 16.3. The van der Waals surface area contributed by atoms with Crippen molar-refractivity contribution in [2.24, 2.45) is 5.92 Å². The van der Waals surface area contributed by atoms with Crippen LogP contribution in [0.4, 0.5) is 0 Å². The van der Waals surface area contributed by atoms with Gasteiger partial charge in [0.05, 0.1) is 6.10 Å². The topological polar surface area (TPSA) is 20.2 Å². The lowest BCUT2D eigenvalue weighted by molar-refractivity contribution is 0.103. The van der Waals surface area contributed by atoms with Gasteiger partial charge in [0, 0.05) is 0 Å². The fourth-order valence-electron chi connectivity index (χ4n) is 1.91. The molecule has 0 heterocycles. The van der Waals surface area contributed by atoms with Crippen LogP contribution in [0.15, 0.2) is 24.3 Å². The predicted molar refractivity (Wildman–Crippen MR) is 60.2 cm³/mol. The maximum absolute atomic E-state index is 10.2. The first kappa shape index (κ1) is 11.3. The minimum Gasteiger partial charge on any atom is -0.388 e. The largest absolute Gasteiger partial charge is 0.388 e. The average Bonchev–Trinajstić information content (AvgIpc) is 2.20. The molecule has 0 aliphatic heterocycles. The van der Waals surface area contributed by atoms with E-state index in [9.17, 15) is 5.11 Å². The monoisotopic (exact) mass is 192 g/mol. The molecule has 0 spiro atoms. The standard InChI is InChI=1S/C13H20O/c1-4-11(5-2)13(14)12-9-7-6-8-10(12)3/h6-9,11,13-14H,4-5H2,1-3H3. The van der Waals surface area contributed by atoms with E-state index in [0.29, 0.717) is 5.92 Å². The number of aliphatic hydroxyl groups excluding tert-OH is 1. The molecule has 1 rings (SSSR count). The highest BCUT2D eigenvalue weighted by Gasteiger charge is 2.18. The molecule has 0 saturated heterocycles. The van der Waals surface area contributed by atoms with Gasteiger partial charge in [0.25, 0.3) is 0 Å². The highest BCUT2D eigenvalue weighted by Crippen LogP contribution is 2.28.